The van der Waals surface area contributed by atoms with Crippen LogP contribution in [-0.4, -0.2) is 53.7 Å². The Morgan fingerprint density at radius 1 is 1.15 bits per heavy atom. The first-order valence-corrected chi connectivity index (χ1v) is 12.6. The standard InChI is InChI=1S/C25H31N3O4S/c1-17(11-18-3-4-21-22(12-18)32-16-31-21)13-27-8-5-20(6-9-27)25(2)23(29)28(24(30)26-25)14-19-7-10-33-15-19/h3-4,7,10,12,15,17,20H,5-6,8-9,11,13-14,16H2,1-2H3,(H,26,30)/t17-,25+/m0/s1. The number of hydrogen-bond acceptors (Lipinski definition) is 6. The molecule has 1 N–H and O–H groups in total. The van der Waals surface area contributed by atoms with Crippen molar-refractivity contribution in [3.05, 3.63) is 46.2 Å². The van der Waals surface area contributed by atoms with E-state index in [-0.39, 0.29) is 17.9 Å². The van der Waals surface area contributed by atoms with E-state index in [0.29, 0.717) is 19.3 Å². The van der Waals surface area contributed by atoms with E-state index < -0.39 is 5.54 Å². The molecule has 5 rings (SSSR count). The lowest BCUT2D eigenvalue weighted by Crippen LogP contribution is -2.54. The molecule has 33 heavy (non-hydrogen) atoms. The highest BCUT2D eigenvalue weighted by molar-refractivity contribution is 7.07. The fourth-order valence-corrected chi connectivity index (χ4v) is 6.03. The van der Waals surface area contributed by atoms with Crippen LogP contribution in [0.1, 0.15) is 37.8 Å². The Morgan fingerprint density at radius 2 is 1.94 bits per heavy atom. The van der Waals surface area contributed by atoms with Gasteiger partial charge >= 0.3 is 6.03 Å². The van der Waals surface area contributed by atoms with Gasteiger partial charge in [0, 0.05) is 6.54 Å². The minimum absolute atomic E-state index is 0.0895. The third kappa shape index (κ3) is 4.46. The van der Waals surface area contributed by atoms with Gasteiger partial charge in [-0.2, -0.15) is 11.3 Å². The Morgan fingerprint density at radius 3 is 2.70 bits per heavy atom. The van der Waals surface area contributed by atoms with Gasteiger partial charge in [-0.15, -0.1) is 0 Å². The maximum atomic E-state index is 13.2. The second kappa shape index (κ2) is 8.99. The zero-order chi connectivity index (χ0) is 23.0. The number of nitrogens with one attached hydrogen (secondary N) is 1. The van der Waals surface area contributed by atoms with Crippen LogP contribution in [0.4, 0.5) is 4.79 Å². The van der Waals surface area contributed by atoms with Gasteiger partial charge in [0.1, 0.15) is 5.54 Å². The Balaban J connectivity index is 1.14. The van der Waals surface area contributed by atoms with Crippen LogP contribution in [0.15, 0.2) is 35.0 Å². The summed E-state index contributed by atoms with van der Waals surface area (Å²) in [5.74, 6) is 2.23. The summed E-state index contributed by atoms with van der Waals surface area (Å²) in [7, 11) is 0. The molecule has 4 heterocycles. The molecule has 8 heteroatoms. The number of imide groups is 1. The van der Waals surface area contributed by atoms with Gasteiger partial charge in [-0.1, -0.05) is 13.0 Å². The summed E-state index contributed by atoms with van der Waals surface area (Å²) in [6.45, 7) is 7.74. The van der Waals surface area contributed by atoms with Gasteiger partial charge < -0.3 is 19.7 Å². The SMILES string of the molecule is C[C@@H](Cc1ccc2c(c1)OCO2)CN1CCC([C@@]2(C)NC(=O)N(Cc3ccsc3)C2=O)CC1. The predicted molar refractivity (Wildman–Crippen MR) is 126 cm³/mol. The van der Waals surface area contributed by atoms with Crippen molar-refractivity contribution in [2.45, 2.75) is 45.2 Å². The Hall–Kier alpha value is -2.58. The van der Waals surface area contributed by atoms with E-state index in [1.807, 2.05) is 29.8 Å². The third-order valence-corrected chi connectivity index (χ3v) is 7.95. The molecule has 0 unspecified atom stereocenters. The Labute approximate surface area is 198 Å². The van der Waals surface area contributed by atoms with Crippen molar-refractivity contribution in [2.75, 3.05) is 26.4 Å². The van der Waals surface area contributed by atoms with E-state index in [1.165, 1.54) is 10.5 Å². The van der Waals surface area contributed by atoms with Crippen molar-refractivity contribution in [1.82, 2.24) is 15.1 Å². The molecule has 0 saturated carbocycles. The summed E-state index contributed by atoms with van der Waals surface area (Å²) in [6, 6.07) is 7.89. The number of fused-ring (bicyclic) bond motifs is 1. The summed E-state index contributed by atoms with van der Waals surface area (Å²) < 4.78 is 10.9. The quantitative estimate of drug-likeness (QED) is 0.623. The van der Waals surface area contributed by atoms with Crippen molar-refractivity contribution < 1.29 is 19.1 Å². The number of ether oxygens (including phenoxy) is 2. The fourth-order valence-electron chi connectivity index (χ4n) is 5.37. The number of nitrogens with zero attached hydrogens (tertiary/aromatic N) is 2. The summed E-state index contributed by atoms with van der Waals surface area (Å²) in [5.41, 5.74) is 1.45. The fraction of sp³-hybridized carbons (Fsp3) is 0.520. The number of benzene rings is 1. The van der Waals surface area contributed by atoms with E-state index in [2.05, 4.69) is 29.3 Å². The highest BCUT2D eigenvalue weighted by Gasteiger charge is 2.52. The normalized spacial score (nSPS) is 24.4. The number of thiophene rings is 1. The molecular formula is C25H31N3O4S. The van der Waals surface area contributed by atoms with E-state index in [9.17, 15) is 9.59 Å². The van der Waals surface area contributed by atoms with Crippen LogP contribution in [0, 0.1) is 11.8 Å². The zero-order valence-corrected chi connectivity index (χ0v) is 20.0. The van der Waals surface area contributed by atoms with Gasteiger partial charge in [-0.05, 0) is 91.2 Å². The highest BCUT2D eigenvalue weighted by atomic mass is 32.1. The lowest BCUT2D eigenvalue weighted by atomic mass is 9.78. The lowest BCUT2D eigenvalue weighted by molar-refractivity contribution is -0.133. The molecule has 3 amide bonds. The number of amides is 3. The Kier molecular flexibility index (Phi) is 6.05. The number of urea groups is 1. The van der Waals surface area contributed by atoms with Crippen LogP contribution in [-0.2, 0) is 17.8 Å². The van der Waals surface area contributed by atoms with E-state index in [1.54, 1.807) is 11.3 Å². The van der Waals surface area contributed by atoms with Crippen LogP contribution in [0.25, 0.3) is 0 Å². The summed E-state index contributed by atoms with van der Waals surface area (Å²) in [5, 5.41) is 6.98. The molecule has 0 spiro atoms. The van der Waals surface area contributed by atoms with Gasteiger partial charge in [0.2, 0.25) is 6.79 Å². The van der Waals surface area contributed by atoms with Gasteiger partial charge in [0.15, 0.2) is 11.5 Å². The minimum Gasteiger partial charge on any atom is -0.454 e. The molecule has 2 atom stereocenters. The third-order valence-electron chi connectivity index (χ3n) is 7.22. The number of rotatable bonds is 7. The van der Waals surface area contributed by atoms with Crippen LogP contribution in [0.2, 0.25) is 0 Å². The van der Waals surface area contributed by atoms with Gasteiger partial charge in [0.25, 0.3) is 5.91 Å². The van der Waals surface area contributed by atoms with Crippen LogP contribution in [0.3, 0.4) is 0 Å². The molecule has 176 valence electrons. The first-order valence-electron chi connectivity index (χ1n) is 11.7. The number of likely N-dealkylation sites (tertiary alicyclic amines) is 1. The smallest absolute Gasteiger partial charge is 0.325 e. The molecule has 1 aromatic heterocycles. The number of carbonyl (C=O) groups is 2. The molecular weight excluding hydrogens is 438 g/mol. The van der Waals surface area contributed by atoms with Crippen molar-refractivity contribution in [3.8, 4) is 11.5 Å². The van der Waals surface area contributed by atoms with E-state index in [4.69, 9.17) is 9.47 Å². The maximum Gasteiger partial charge on any atom is 0.325 e. The van der Waals surface area contributed by atoms with Crippen molar-refractivity contribution in [1.29, 1.82) is 0 Å². The zero-order valence-electron chi connectivity index (χ0n) is 19.2. The molecule has 1 aromatic carbocycles. The first kappa shape index (κ1) is 22.2. The van der Waals surface area contributed by atoms with E-state index >= 15 is 0 Å². The summed E-state index contributed by atoms with van der Waals surface area (Å²) >= 11 is 1.58. The van der Waals surface area contributed by atoms with Crippen LogP contribution in [0.5, 0.6) is 11.5 Å². The molecule has 2 aromatic rings. The summed E-state index contributed by atoms with van der Waals surface area (Å²) in [6.07, 6.45) is 2.80. The number of hydrogen-bond donors (Lipinski definition) is 1. The molecule has 2 saturated heterocycles. The molecule has 0 radical (unpaired) electrons. The summed E-state index contributed by atoms with van der Waals surface area (Å²) in [4.78, 5) is 29.7. The van der Waals surface area contributed by atoms with Crippen molar-refractivity contribution in [2.24, 2.45) is 11.8 Å². The van der Waals surface area contributed by atoms with Gasteiger partial charge in [-0.25, -0.2) is 4.79 Å². The van der Waals surface area contributed by atoms with Gasteiger partial charge in [-0.3, -0.25) is 9.69 Å². The highest BCUT2D eigenvalue weighted by Crippen LogP contribution is 2.35. The maximum absolute atomic E-state index is 13.2. The molecule has 0 aliphatic carbocycles. The number of carbonyl (C=O) groups excluding carboxylic acids is 2. The molecule has 3 aliphatic rings. The molecule has 7 nitrogen and oxygen atoms in total. The largest absolute Gasteiger partial charge is 0.454 e. The molecule has 3 aliphatic heterocycles. The number of piperidine rings is 1. The van der Waals surface area contributed by atoms with Crippen LogP contribution < -0.4 is 14.8 Å². The van der Waals surface area contributed by atoms with Crippen molar-refractivity contribution in [3.63, 3.8) is 0 Å². The topological polar surface area (TPSA) is 71.1 Å². The van der Waals surface area contributed by atoms with Crippen LogP contribution >= 0.6 is 11.3 Å². The lowest BCUT2D eigenvalue weighted by Gasteiger charge is -2.39. The average molecular weight is 470 g/mol. The average Bonchev–Trinajstić information content (AvgIpc) is 3.52. The molecule has 2 fully saturated rings. The second-order valence-electron chi connectivity index (χ2n) is 9.73. The second-order valence-corrected chi connectivity index (χ2v) is 10.5. The first-order chi connectivity index (χ1) is 15.9. The van der Waals surface area contributed by atoms with Crippen molar-refractivity contribution >= 4 is 23.3 Å². The predicted octanol–water partition coefficient (Wildman–Crippen LogP) is 3.88. The molecule has 0 bridgehead atoms. The van der Waals surface area contributed by atoms with Gasteiger partial charge in [0.05, 0.1) is 6.54 Å². The monoisotopic (exact) mass is 469 g/mol. The van der Waals surface area contributed by atoms with E-state index in [0.717, 1.165) is 56.0 Å². The Bertz CT molecular complexity index is 1020. The minimum atomic E-state index is -0.808.